The Hall–Kier alpha value is -2.62. The molecule has 9 heteroatoms. The van der Waals surface area contributed by atoms with Gasteiger partial charge in [-0.05, 0) is 37.9 Å². The average Bonchev–Trinajstić information content (AvgIpc) is 3.02. The lowest BCUT2D eigenvalue weighted by atomic mass is 10.2. The van der Waals surface area contributed by atoms with E-state index in [2.05, 4.69) is 10.3 Å². The van der Waals surface area contributed by atoms with Gasteiger partial charge < -0.3 is 15.0 Å². The van der Waals surface area contributed by atoms with Crippen molar-refractivity contribution in [2.24, 2.45) is 4.99 Å². The molecule has 156 valence electrons. The van der Waals surface area contributed by atoms with Crippen LogP contribution in [0.4, 0.5) is 11.8 Å². The number of morpholine rings is 1. The van der Waals surface area contributed by atoms with Crippen molar-refractivity contribution >= 4 is 39.0 Å². The fourth-order valence-corrected chi connectivity index (χ4v) is 4.78. The van der Waals surface area contributed by atoms with Crippen LogP contribution < -0.4 is 15.8 Å². The minimum atomic E-state index is -0.202. The second kappa shape index (κ2) is 8.63. The van der Waals surface area contributed by atoms with Gasteiger partial charge in [-0.25, -0.2) is 9.98 Å². The van der Waals surface area contributed by atoms with Gasteiger partial charge in [0.05, 0.1) is 23.4 Å². The van der Waals surface area contributed by atoms with E-state index in [0.29, 0.717) is 48.6 Å². The summed E-state index contributed by atoms with van der Waals surface area (Å²) in [6.07, 6.45) is 3.13. The number of H-pyrrole nitrogens is 1. The van der Waals surface area contributed by atoms with Crippen LogP contribution in [0.15, 0.2) is 34.1 Å². The number of para-hydroxylation sites is 1. The van der Waals surface area contributed by atoms with Gasteiger partial charge in [0.2, 0.25) is 5.95 Å². The number of aromatic amines is 1. The summed E-state index contributed by atoms with van der Waals surface area (Å²) in [5, 5.41) is 4.06. The Kier molecular flexibility index (Phi) is 5.56. The van der Waals surface area contributed by atoms with Crippen molar-refractivity contribution in [1.82, 2.24) is 20.3 Å². The highest BCUT2D eigenvalue weighted by Gasteiger charge is 2.21. The number of rotatable bonds is 3. The number of aliphatic imine (C=N–C) groups is 1. The third-order valence-electron chi connectivity index (χ3n) is 5.37. The molecule has 0 amide bonds. The summed E-state index contributed by atoms with van der Waals surface area (Å²) in [5.41, 5.74) is 2.15. The van der Waals surface area contributed by atoms with Gasteiger partial charge in [0.15, 0.2) is 5.82 Å². The molecule has 2 aliphatic rings. The largest absolute Gasteiger partial charge is 0.378 e. The summed E-state index contributed by atoms with van der Waals surface area (Å²) in [7, 11) is 0. The van der Waals surface area contributed by atoms with Crippen molar-refractivity contribution in [3.05, 3.63) is 34.6 Å². The fraction of sp³-hybridized carbons (Fsp3) is 0.429. The van der Waals surface area contributed by atoms with Crippen molar-refractivity contribution in [2.75, 3.05) is 44.3 Å². The Labute approximate surface area is 178 Å². The lowest BCUT2D eigenvalue weighted by molar-refractivity contribution is 0.122. The first-order valence-corrected chi connectivity index (χ1v) is 11.2. The second-order valence-corrected chi connectivity index (χ2v) is 8.52. The van der Waals surface area contributed by atoms with Gasteiger partial charge in [0.25, 0.3) is 5.56 Å². The molecule has 0 atom stereocenters. The molecule has 0 unspecified atom stereocenters. The molecule has 0 radical (unpaired) electrons. The van der Waals surface area contributed by atoms with E-state index in [-0.39, 0.29) is 5.56 Å². The molecule has 3 aromatic rings. The van der Waals surface area contributed by atoms with Crippen molar-refractivity contribution in [1.29, 1.82) is 0 Å². The van der Waals surface area contributed by atoms with Gasteiger partial charge in [0, 0.05) is 25.3 Å². The van der Waals surface area contributed by atoms with Crippen molar-refractivity contribution < 1.29 is 4.74 Å². The summed E-state index contributed by atoms with van der Waals surface area (Å²) in [5.74, 6) is 1.01. The van der Waals surface area contributed by atoms with Crippen LogP contribution in [0.2, 0.25) is 0 Å². The zero-order chi connectivity index (χ0) is 20.3. The maximum Gasteiger partial charge on any atom is 0.264 e. The van der Waals surface area contributed by atoms with E-state index < -0.39 is 0 Å². The van der Waals surface area contributed by atoms with E-state index in [1.165, 1.54) is 11.3 Å². The Morgan fingerprint density at radius 1 is 1.13 bits per heavy atom. The number of aromatic nitrogens is 3. The molecule has 0 aliphatic carbocycles. The summed E-state index contributed by atoms with van der Waals surface area (Å²) in [6, 6.07) is 7.90. The molecule has 0 saturated carbocycles. The first-order chi connectivity index (χ1) is 14.8. The van der Waals surface area contributed by atoms with E-state index in [1.54, 1.807) is 0 Å². The third kappa shape index (κ3) is 4.00. The normalized spacial score (nSPS) is 19.3. The van der Waals surface area contributed by atoms with Crippen LogP contribution in [0.1, 0.15) is 19.3 Å². The average molecular weight is 425 g/mol. The van der Waals surface area contributed by atoms with Crippen molar-refractivity contribution in [3.8, 4) is 10.6 Å². The first kappa shape index (κ1) is 19.3. The maximum absolute atomic E-state index is 13.2. The summed E-state index contributed by atoms with van der Waals surface area (Å²) in [6.45, 7) is 4.35. The van der Waals surface area contributed by atoms with Gasteiger partial charge in [-0.3, -0.25) is 9.78 Å². The van der Waals surface area contributed by atoms with Gasteiger partial charge in [-0.1, -0.05) is 12.1 Å². The Morgan fingerprint density at radius 2 is 2.00 bits per heavy atom. The highest BCUT2D eigenvalue weighted by Crippen LogP contribution is 2.33. The van der Waals surface area contributed by atoms with Gasteiger partial charge in [-0.2, -0.15) is 4.98 Å². The topological polar surface area (TPSA) is 95.5 Å². The minimum absolute atomic E-state index is 0.202. The Morgan fingerprint density at radius 3 is 2.87 bits per heavy atom. The molecule has 0 bridgehead atoms. The van der Waals surface area contributed by atoms with Crippen LogP contribution in [0.25, 0.3) is 20.8 Å². The summed E-state index contributed by atoms with van der Waals surface area (Å²) in [4.78, 5) is 32.6. The van der Waals surface area contributed by atoms with E-state index in [9.17, 15) is 4.79 Å². The van der Waals surface area contributed by atoms with E-state index in [4.69, 9.17) is 19.7 Å². The number of thiazole rings is 1. The highest BCUT2D eigenvalue weighted by molar-refractivity contribution is 7.21. The number of nitrogens with one attached hydrogen (secondary N) is 2. The quantitative estimate of drug-likeness (QED) is 0.671. The second-order valence-electron chi connectivity index (χ2n) is 7.49. The Balaban J connectivity index is 1.64. The molecule has 5 rings (SSSR count). The van der Waals surface area contributed by atoms with Crippen molar-refractivity contribution in [2.45, 2.75) is 19.3 Å². The number of benzene rings is 1. The number of anilines is 1. The zero-order valence-corrected chi connectivity index (χ0v) is 17.5. The van der Waals surface area contributed by atoms with Crippen LogP contribution >= 0.6 is 11.3 Å². The predicted octanol–water partition coefficient (Wildman–Crippen LogP) is 2.73. The highest BCUT2D eigenvalue weighted by atomic mass is 32.1. The molecule has 2 fully saturated rings. The molecule has 2 aliphatic heterocycles. The molecule has 2 aromatic heterocycles. The molecule has 30 heavy (non-hydrogen) atoms. The van der Waals surface area contributed by atoms with E-state index in [1.807, 2.05) is 29.2 Å². The maximum atomic E-state index is 13.2. The summed E-state index contributed by atoms with van der Waals surface area (Å²) < 4.78 is 6.48. The van der Waals surface area contributed by atoms with Gasteiger partial charge >= 0.3 is 0 Å². The molecule has 4 heterocycles. The summed E-state index contributed by atoms with van der Waals surface area (Å²) >= 11 is 1.50. The van der Waals surface area contributed by atoms with Crippen LogP contribution in [0.3, 0.4) is 0 Å². The fourth-order valence-electron chi connectivity index (χ4n) is 3.77. The first-order valence-electron chi connectivity index (χ1n) is 10.4. The molecule has 1 aromatic carbocycles. The standard InChI is InChI=1S/C21H24N6O2S/c28-19-17(20-24-15-6-1-2-7-16(15)30-20)18(23-14-5-3-4-8-22-13-14)25-21(26-19)27-9-11-29-12-10-27/h1-2,6-7,22H,3-5,8-13H2,(H,25,26,28)/b23-14-. The smallest absolute Gasteiger partial charge is 0.264 e. The third-order valence-corrected chi connectivity index (χ3v) is 6.42. The lowest BCUT2D eigenvalue weighted by Gasteiger charge is -2.27. The number of ether oxygens (including phenoxy) is 1. The predicted molar refractivity (Wildman–Crippen MR) is 120 cm³/mol. The molecular formula is C21H24N6O2S. The minimum Gasteiger partial charge on any atom is -0.378 e. The zero-order valence-electron chi connectivity index (χ0n) is 16.7. The van der Waals surface area contributed by atoms with Gasteiger partial charge in [0.1, 0.15) is 10.6 Å². The lowest BCUT2D eigenvalue weighted by Crippen LogP contribution is -2.38. The van der Waals surface area contributed by atoms with E-state index in [0.717, 1.165) is 48.3 Å². The number of hydrogen-bond donors (Lipinski definition) is 2. The molecule has 8 nitrogen and oxygen atoms in total. The molecule has 0 spiro atoms. The van der Waals surface area contributed by atoms with Crippen molar-refractivity contribution in [3.63, 3.8) is 0 Å². The van der Waals surface area contributed by atoms with Crippen LogP contribution in [-0.2, 0) is 4.74 Å². The van der Waals surface area contributed by atoms with Gasteiger partial charge in [-0.15, -0.1) is 11.3 Å². The van der Waals surface area contributed by atoms with Crippen LogP contribution in [0, 0.1) is 0 Å². The molecule has 2 N–H and O–H groups in total. The molecule has 2 saturated heterocycles. The van der Waals surface area contributed by atoms with Crippen LogP contribution in [0.5, 0.6) is 0 Å². The number of hydrogen-bond acceptors (Lipinski definition) is 8. The number of nitrogens with zero attached hydrogens (tertiary/aromatic N) is 4. The SMILES string of the molecule is O=c1[nH]c(N2CCOCC2)nc(/N=C2/CCCCNC2)c1-c1nc2ccccc2s1. The number of fused-ring (bicyclic) bond motifs is 1. The Bertz CT molecular complexity index is 1090. The molecular weight excluding hydrogens is 400 g/mol. The monoisotopic (exact) mass is 424 g/mol. The van der Waals surface area contributed by atoms with E-state index >= 15 is 0 Å². The van der Waals surface area contributed by atoms with Crippen LogP contribution in [-0.4, -0.2) is 60.1 Å².